The lowest BCUT2D eigenvalue weighted by molar-refractivity contribution is -0.385. The van der Waals surface area contributed by atoms with Crippen molar-refractivity contribution in [1.29, 1.82) is 0 Å². The number of aryl methyl sites for hydroxylation is 1. The molecule has 3 heterocycles. The van der Waals surface area contributed by atoms with Crippen LogP contribution in [-0.2, 0) is 22.6 Å². The number of pyridine rings is 1. The number of nitrogens with zero attached hydrogens (tertiary/aromatic N) is 6. The third-order valence-electron chi connectivity index (χ3n) is 5.16. The average Bonchev–Trinajstić information content (AvgIpc) is 2.79. The minimum atomic E-state index is -1.13. The molecule has 11 nitrogen and oxygen atoms in total. The van der Waals surface area contributed by atoms with Crippen molar-refractivity contribution in [1.82, 2.24) is 19.9 Å². The molecule has 1 aliphatic rings. The third-order valence-corrected chi connectivity index (χ3v) is 5.71. The van der Waals surface area contributed by atoms with E-state index < -0.39 is 11.2 Å². The van der Waals surface area contributed by atoms with E-state index >= 15 is 0 Å². The fourth-order valence-electron chi connectivity index (χ4n) is 3.63. The molecule has 3 rings (SSSR count). The van der Waals surface area contributed by atoms with Gasteiger partial charge in [-0.2, -0.15) is 4.98 Å². The number of anilines is 1. The highest BCUT2D eigenvalue weighted by atomic mass is 32.2. The van der Waals surface area contributed by atoms with Crippen molar-refractivity contribution in [2.45, 2.75) is 38.4 Å². The Balaban J connectivity index is 1.91. The Kier molecular flexibility index (Phi) is 9.32. The van der Waals surface area contributed by atoms with Gasteiger partial charge < -0.3 is 19.5 Å². The molecule has 2 aromatic heterocycles. The molecule has 0 aliphatic carbocycles. The van der Waals surface area contributed by atoms with E-state index in [4.69, 9.17) is 9.47 Å². The second kappa shape index (κ2) is 12.2. The summed E-state index contributed by atoms with van der Waals surface area (Å²) >= 11 is 1.30. The van der Waals surface area contributed by atoms with Gasteiger partial charge >= 0.3 is 5.69 Å². The minimum Gasteiger partial charge on any atom is -0.379 e. The van der Waals surface area contributed by atoms with Gasteiger partial charge in [0.05, 0.1) is 30.4 Å². The van der Waals surface area contributed by atoms with E-state index in [1.165, 1.54) is 11.8 Å². The van der Waals surface area contributed by atoms with Crippen LogP contribution in [0.15, 0.2) is 23.5 Å². The van der Waals surface area contributed by atoms with Crippen LogP contribution >= 0.6 is 11.8 Å². The van der Waals surface area contributed by atoms with Gasteiger partial charge in [0.15, 0.2) is 11.4 Å². The van der Waals surface area contributed by atoms with Crippen LogP contribution in [0.4, 0.5) is 11.5 Å². The van der Waals surface area contributed by atoms with Gasteiger partial charge in [-0.15, -0.1) is 0 Å². The first-order valence-electron chi connectivity index (χ1n) is 10.8. The van der Waals surface area contributed by atoms with E-state index in [9.17, 15) is 15.2 Å². The van der Waals surface area contributed by atoms with E-state index in [1.54, 1.807) is 24.9 Å². The van der Waals surface area contributed by atoms with Gasteiger partial charge in [-0.3, -0.25) is 20.0 Å². The highest BCUT2D eigenvalue weighted by Crippen LogP contribution is 2.32. The largest absolute Gasteiger partial charge is 0.379 e. The molecule has 0 aromatic carbocycles. The number of thioether (sulfide) groups is 1. The van der Waals surface area contributed by atoms with Gasteiger partial charge in [-0.05, 0) is 37.8 Å². The molecule has 12 heteroatoms. The first-order valence-corrected chi connectivity index (χ1v) is 12.0. The topological polar surface area (TPSA) is 127 Å². The Labute approximate surface area is 197 Å². The number of aromatic nitrogens is 3. The van der Waals surface area contributed by atoms with Crippen LogP contribution in [0.1, 0.15) is 23.9 Å². The van der Waals surface area contributed by atoms with Crippen LogP contribution in [0.2, 0.25) is 0 Å². The summed E-state index contributed by atoms with van der Waals surface area (Å²) in [5.74, 6) is 0.155. The highest BCUT2D eigenvalue weighted by Gasteiger charge is 2.28. The van der Waals surface area contributed by atoms with Crippen molar-refractivity contribution < 1.29 is 19.5 Å². The lowest BCUT2D eigenvalue weighted by Crippen LogP contribution is -2.36. The molecule has 1 aliphatic heterocycles. The molecule has 0 saturated carbocycles. The molecule has 1 saturated heterocycles. The van der Waals surface area contributed by atoms with Crippen LogP contribution in [0.3, 0.4) is 0 Å². The summed E-state index contributed by atoms with van der Waals surface area (Å²) in [5, 5.41) is 22.6. The van der Waals surface area contributed by atoms with Crippen LogP contribution < -0.4 is 4.90 Å². The Hall–Kier alpha value is -2.38. The van der Waals surface area contributed by atoms with Gasteiger partial charge in [0.1, 0.15) is 5.69 Å². The number of aliphatic hydroxyl groups excluding tert-OH is 1. The number of morpholine rings is 1. The SMILES string of the molecule is CCOC(O)CN(Cc1ccnc(CN2CCOCC2)c1)c1nc(SC)nc(C)c1[N+](=O)[O-]. The molecule has 1 unspecified atom stereocenters. The molecule has 0 amide bonds. The van der Waals surface area contributed by atoms with Crippen LogP contribution in [0, 0.1) is 17.0 Å². The number of rotatable bonds is 11. The first kappa shape index (κ1) is 25.2. The predicted octanol–water partition coefficient (Wildman–Crippen LogP) is 2.00. The van der Waals surface area contributed by atoms with Crippen LogP contribution in [0.25, 0.3) is 0 Å². The molecular weight excluding hydrogens is 448 g/mol. The van der Waals surface area contributed by atoms with Gasteiger partial charge in [0.25, 0.3) is 0 Å². The van der Waals surface area contributed by atoms with Crippen molar-refractivity contribution in [2.75, 3.05) is 50.6 Å². The average molecular weight is 479 g/mol. The Morgan fingerprint density at radius 2 is 2.15 bits per heavy atom. The second-order valence-corrected chi connectivity index (χ2v) is 8.33. The second-order valence-electron chi connectivity index (χ2n) is 7.56. The van der Waals surface area contributed by atoms with Gasteiger partial charge in [0.2, 0.25) is 5.82 Å². The molecule has 2 aromatic rings. The Morgan fingerprint density at radius 1 is 1.39 bits per heavy atom. The summed E-state index contributed by atoms with van der Waals surface area (Å²) < 4.78 is 10.7. The van der Waals surface area contributed by atoms with Crippen molar-refractivity contribution in [3.05, 3.63) is 45.4 Å². The first-order chi connectivity index (χ1) is 15.9. The van der Waals surface area contributed by atoms with E-state index in [0.717, 1.165) is 24.3 Å². The fraction of sp³-hybridized carbons (Fsp3) is 0.571. The maximum Gasteiger partial charge on any atom is 0.332 e. The monoisotopic (exact) mass is 478 g/mol. The molecule has 180 valence electrons. The van der Waals surface area contributed by atoms with E-state index in [2.05, 4.69) is 19.9 Å². The maximum absolute atomic E-state index is 11.9. The fourth-order valence-corrected chi connectivity index (χ4v) is 4.04. The lowest BCUT2D eigenvalue weighted by Gasteiger charge is -2.27. The summed E-state index contributed by atoms with van der Waals surface area (Å²) in [7, 11) is 0. The molecular formula is C21H30N6O5S. The quantitative estimate of drug-likeness (QED) is 0.167. The normalized spacial score (nSPS) is 15.4. The smallest absolute Gasteiger partial charge is 0.332 e. The van der Waals surface area contributed by atoms with Crippen LogP contribution in [0.5, 0.6) is 0 Å². The molecule has 0 spiro atoms. The molecule has 0 bridgehead atoms. The summed E-state index contributed by atoms with van der Waals surface area (Å²) in [5.41, 5.74) is 1.89. The van der Waals surface area contributed by atoms with Crippen LogP contribution in [-0.4, -0.2) is 81.9 Å². The van der Waals surface area contributed by atoms with E-state index in [1.807, 2.05) is 18.4 Å². The zero-order chi connectivity index (χ0) is 23.8. The lowest BCUT2D eigenvalue weighted by atomic mass is 10.2. The zero-order valence-corrected chi connectivity index (χ0v) is 20.0. The number of nitro groups is 1. The van der Waals surface area contributed by atoms with E-state index in [-0.39, 0.29) is 30.3 Å². The molecule has 1 N–H and O–H groups in total. The van der Waals surface area contributed by atoms with Gasteiger partial charge in [-0.1, -0.05) is 11.8 Å². The number of ether oxygens (including phenoxy) is 2. The number of aliphatic hydroxyl groups is 1. The summed E-state index contributed by atoms with van der Waals surface area (Å²) in [6.07, 6.45) is 2.41. The van der Waals surface area contributed by atoms with Crippen molar-refractivity contribution >= 4 is 23.3 Å². The summed E-state index contributed by atoms with van der Waals surface area (Å²) in [6, 6.07) is 3.84. The van der Waals surface area contributed by atoms with Gasteiger partial charge in [-0.25, -0.2) is 4.98 Å². The maximum atomic E-state index is 11.9. The molecule has 33 heavy (non-hydrogen) atoms. The zero-order valence-electron chi connectivity index (χ0n) is 19.1. The molecule has 0 radical (unpaired) electrons. The van der Waals surface area contributed by atoms with E-state index in [0.29, 0.717) is 31.5 Å². The standard InChI is InChI=1S/C21H30N6O5S/c1-4-32-18(28)14-26(20-19(27(29)30)15(2)23-21(24-20)33-3)12-16-5-6-22-17(11-16)13-25-7-9-31-10-8-25/h5-6,11,18,28H,4,7-10,12-14H2,1-3H3. The Morgan fingerprint density at radius 3 is 2.82 bits per heavy atom. The molecule has 1 fully saturated rings. The van der Waals surface area contributed by atoms with Crippen molar-refractivity contribution in [3.63, 3.8) is 0 Å². The minimum absolute atomic E-state index is 0.0140. The Bertz CT molecular complexity index is 943. The van der Waals surface area contributed by atoms with Crippen molar-refractivity contribution in [2.24, 2.45) is 0 Å². The highest BCUT2D eigenvalue weighted by molar-refractivity contribution is 7.98. The number of hydrogen-bond acceptors (Lipinski definition) is 11. The third kappa shape index (κ3) is 7.05. The molecule has 1 atom stereocenters. The van der Waals surface area contributed by atoms with Gasteiger partial charge in [0, 0.05) is 39.0 Å². The summed E-state index contributed by atoms with van der Waals surface area (Å²) in [4.78, 5) is 28.4. The van der Waals surface area contributed by atoms with Crippen molar-refractivity contribution in [3.8, 4) is 0 Å². The number of hydrogen-bond donors (Lipinski definition) is 1. The predicted molar refractivity (Wildman–Crippen MR) is 124 cm³/mol. The summed E-state index contributed by atoms with van der Waals surface area (Å²) in [6.45, 7) is 7.79.